The van der Waals surface area contributed by atoms with Gasteiger partial charge in [-0.3, -0.25) is 0 Å². The van der Waals surface area contributed by atoms with Crippen LogP contribution in [0, 0.1) is 5.92 Å². The van der Waals surface area contributed by atoms with Gasteiger partial charge in [0.25, 0.3) is 0 Å². The molecule has 0 aromatic rings. The first-order valence-electron chi connectivity index (χ1n) is 5.60. The van der Waals surface area contributed by atoms with Crippen molar-refractivity contribution in [1.82, 2.24) is 10.2 Å². The molecule has 0 bridgehead atoms. The van der Waals surface area contributed by atoms with Gasteiger partial charge >= 0.3 is 0 Å². The third kappa shape index (κ3) is 4.63. The summed E-state index contributed by atoms with van der Waals surface area (Å²) in [5, 5.41) is 3.53. The van der Waals surface area contributed by atoms with E-state index in [1.807, 2.05) is 0 Å². The summed E-state index contributed by atoms with van der Waals surface area (Å²) in [4.78, 5) is 2.46. The van der Waals surface area contributed by atoms with Crippen LogP contribution in [0.2, 0.25) is 0 Å². The Kier molecular flexibility index (Phi) is 4.74. The van der Waals surface area contributed by atoms with Crippen molar-refractivity contribution >= 4 is 0 Å². The Labute approximate surface area is 82.7 Å². The van der Waals surface area contributed by atoms with Gasteiger partial charge in [-0.2, -0.15) is 0 Å². The lowest BCUT2D eigenvalue weighted by Gasteiger charge is -2.21. The molecular formula is C11H24N2. The topological polar surface area (TPSA) is 15.3 Å². The third-order valence-corrected chi connectivity index (χ3v) is 2.78. The molecule has 0 aromatic carbocycles. The Hall–Kier alpha value is -0.0800. The molecule has 2 heteroatoms. The number of hydrogen-bond donors (Lipinski definition) is 1. The van der Waals surface area contributed by atoms with Crippen LogP contribution in [0.1, 0.15) is 33.1 Å². The maximum atomic E-state index is 3.53. The molecule has 0 unspecified atom stereocenters. The van der Waals surface area contributed by atoms with Gasteiger partial charge in [-0.15, -0.1) is 0 Å². The minimum absolute atomic E-state index is 0.761. The molecule has 78 valence electrons. The van der Waals surface area contributed by atoms with E-state index in [0.29, 0.717) is 0 Å². The Morgan fingerprint density at radius 2 is 2.23 bits per heavy atom. The molecule has 0 aliphatic carbocycles. The van der Waals surface area contributed by atoms with Gasteiger partial charge in [0.05, 0.1) is 0 Å². The summed E-state index contributed by atoms with van der Waals surface area (Å²) in [6.45, 7) is 8.29. The quantitative estimate of drug-likeness (QED) is 0.700. The smallest absolute Gasteiger partial charge is 0.0195 e. The summed E-state index contributed by atoms with van der Waals surface area (Å²) in [6, 6.07) is 0.761. The zero-order valence-electron chi connectivity index (χ0n) is 9.34. The lowest BCUT2D eigenvalue weighted by Crippen LogP contribution is -2.36. The van der Waals surface area contributed by atoms with Crippen LogP contribution >= 0.6 is 0 Å². The minimum atomic E-state index is 0.761. The van der Waals surface area contributed by atoms with Gasteiger partial charge in [-0.05, 0) is 45.3 Å². The highest BCUT2D eigenvalue weighted by Crippen LogP contribution is 2.07. The Morgan fingerprint density at radius 1 is 1.46 bits per heavy atom. The largest absolute Gasteiger partial charge is 0.313 e. The van der Waals surface area contributed by atoms with Crippen molar-refractivity contribution in [1.29, 1.82) is 0 Å². The molecule has 1 atom stereocenters. The van der Waals surface area contributed by atoms with Crippen molar-refractivity contribution < 1.29 is 0 Å². The highest BCUT2D eigenvalue weighted by atomic mass is 15.1. The molecule has 2 nitrogen and oxygen atoms in total. The van der Waals surface area contributed by atoms with Gasteiger partial charge in [-0.1, -0.05) is 13.8 Å². The van der Waals surface area contributed by atoms with Gasteiger partial charge in [0.15, 0.2) is 0 Å². The van der Waals surface area contributed by atoms with Crippen LogP contribution in [-0.2, 0) is 0 Å². The highest BCUT2D eigenvalue weighted by Gasteiger charge is 2.15. The third-order valence-electron chi connectivity index (χ3n) is 2.78. The highest BCUT2D eigenvalue weighted by molar-refractivity contribution is 4.76. The maximum Gasteiger partial charge on any atom is 0.0195 e. The summed E-state index contributed by atoms with van der Waals surface area (Å²) in [6.07, 6.45) is 4.05. The summed E-state index contributed by atoms with van der Waals surface area (Å²) in [5.41, 5.74) is 0. The predicted molar refractivity (Wildman–Crippen MR) is 58.0 cm³/mol. The molecule has 1 saturated heterocycles. The van der Waals surface area contributed by atoms with Crippen LogP contribution < -0.4 is 5.32 Å². The zero-order chi connectivity index (χ0) is 9.68. The molecule has 0 radical (unpaired) electrons. The van der Waals surface area contributed by atoms with Crippen LogP contribution in [-0.4, -0.2) is 37.6 Å². The molecule has 0 amide bonds. The van der Waals surface area contributed by atoms with Crippen molar-refractivity contribution in [2.45, 2.75) is 39.2 Å². The number of nitrogens with zero attached hydrogens (tertiary/aromatic N) is 1. The zero-order valence-corrected chi connectivity index (χ0v) is 9.34. The van der Waals surface area contributed by atoms with Crippen molar-refractivity contribution in [2.24, 2.45) is 5.92 Å². The second-order valence-electron chi connectivity index (χ2n) is 4.74. The molecule has 1 heterocycles. The van der Waals surface area contributed by atoms with Crippen molar-refractivity contribution in [3.8, 4) is 0 Å². The van der Waals surface area contributed by atoms with Gasteiger partial charge in [0, 0.05) is 12.6 Å². The van der Waals surface area contributed by atoms with Crippen LogP contribution in [0.4, 0.5) is 0 Å². The number of hydrogen-bond acceptors (Lipinski definition) is 2. The van der Waals surface area contributed by atoms with Crippen LogP contribution in [0.3, 0.4) is 0 Å². The Morgan fingerprint density at radius 3 is 2.77 bits per heavy atom. The first-order chi connectivity index (χ1) is 6.18. The van der Waals surface area contributed by atoms with E-state index in [-0.39, 0.29) is 0 Å². The normalized spacial score (nSPS) is 23.3. The standard InChI is InChI=1S/C11H24N2/c1-10(2)6-8-13(3)9-11-5-4-7-12-11/h10-12H,4-9H2,1-3H3/t11-/m0/s1. The van der Waals surface area contributed by atoms with Crippen molar-refractivity contribution in [2.75, 3.05) is 26.7 Å². The summed E-state index contributed by atoms with van der Waals surface area (Å²) in [7, 11) is 2.24. The second-order valence-corrected chi connectivity index (χ2v) is 4.74. The SMILES string of the molecule is CC(C)CCN(C)C[C@@H]1CCCN1. The number of nitrogens with one attached hydrogen (secondary N) is 1. The van der Waals surface area contributed by atoms with E-state index in [4.69, 9.17) is 0 Å². The van der Waals surface area contributed by atoms with E-state index in [1.165, 1.54) is 38.9 Å². The molecule has 1 fully saturated rings. The van der Waals surface area contributed by atoms with Gasteiger partial charge in [0.1, 0.15) is 0 Å². The molecule has 0 spiro atoms. The van der Waals surface area contributed by atoms with Gasteiger partial charge < -0.3 is 10.2 Å². The first-order valence-corrected chi connectivity index (χ1v) is 5.60. The molecule has 1 rings (SSSR count). The molecule has 0 aromatic heterocycles. The van der Waals surface area contributed by atoms with Crippen molar-refractivity contribution in [3.63, 3.8) is 0 Å². The second kappa shape index (κ2) is 5.61. The monoisotopic (exact) mass is 184 g/mol. The minimum Gasteiger partial charge on any atom is -0.313 e. The van der Waals surface area contributed by atoms with E-state index in [1.54, 1.807) is 0 Å². The molecular weight excluding hydrogens is 160 g/mol. The fourth-order valence-corrected chi connectivity index (χ4v) is 1.86. The lowest BCUT2D eigenvalue weighted by atomic mass is 10.1. The Bertz CT molecular complexity index is 128. The van der Waals surface area contributed by atoms with Crippen LogP contribution in [0.15, 0.2) is 0 Å². The maximum absolute atomic E-state index is 3.53. The van der Waals surface area contributed by atoms with E-state index < -0.39 is 0 Å². The lowest BCUT2D eigenvalue weighted by molar-refractivity contribution is 0.283. The average molecular weight is 184 g/mol. The van der Waals surface area contributed by atoms with Gasteiger partial charge in [-0.25, -0.2) is 0 Å². The predicted octanol–water partition coefficient (Wildman–Crippen LogP) is 1.72. The van der Waals surface area contributed by atoms with E-state index in [2.05, 4.69) is 31.1 Å². The summed E-state index contributed by atoms with van der Waals surface area (Å²) in [5.74, 6) is 0.832. The molecule has 13 heavy (non-hydrogen) atoms. The Balaban J connectivity index is 2.05. The fraction of sp³-hybridized carbons (Fsp3) is 1.00. The van der Waals surface area contributed by atoms with E-state index >= 15 is 0 Å². The first kappa shape index (κ1) is 11.0. The number of likely N-dealkylation sites (N-methyl/N-ethyl adjacent to an activating group) is 1. The number of rotatable bonds is 5. The van der Waals surface area contributed by atoms with Crippen LogP contribution in [0.5, 0.6) is 0 Å². The summed E-state index contributed by atoms with van der Waals surface area (Å²) < 4.78 is 0. The fourth-order valence-electron chi connectivity index (χ4n) is 1.86. The summed E-state index contributed by atoms with van der Waals surface area (Å²) >= 11 is 0. The molecule has 1 aliphatic rings. The molecule has 1 N–H and O–H groups in total. The molecule has 1 aliphatic heterocycles. The van der Waals surface area contributed by atoms with Crippen LogP contribution in [0.25, 0.3) is 0 Å². The van der Waals surface area contributed by atoms with E-state index in [9.17, 15) is 0 Å². The van der Waals surface area contributed by atoms with E-state index in [0.717, 1.165) is 12.0 Å². The molecule has 0 saturated carbocycles. The van der Waals surface area contributed by atoms with Gasteiger partial charge in [0.2, 0.25) is 0 Å². The van der Waals surface area contributed by atoms with Crippen molar-refractivity contribution in [3.05, 3.63) is 0 Å². The average Bonchev–Trinajstić information content (AvgIpc) is 2.53.